The van der Waals surface area contributed by atoms with Crippen LogP contribution in [0.4, 0.5) is 5.13 Å². The number of amides is 1. The molecule has 2 aromatic heterocycles. The van der Waals surface area contributed by atoms with Gasteiger partial charge in [-0.1, -0.05) is 30.7 Å². The van der Waals surface area contributed by atoms with E-state index in [1.807, 2.05) is 19.1 Å². The molecule has 3 rings (SSSR count). The number of aromatic amines is 1. The molecule has 0 aliphatic rings. The van der Waals surface area contributed by atoms with Crippen molar-refractivity contribution in [3.05, 3.63) is 56.0 Å². The Balaban J connectivity index is 1.63. The molecule has 0 radical (unpaired) electrons. The van der Waals surface area contributed by atoms with Crippen LogP contribution in [0.5, 0.6) is 0 Å². The number of benzene rings is 1. The number of hydrogen-bond acceptors (Lipinski definition) is 5. The largest absolute Gasteiger partial charge is 0.300 e. The van der Waals surface area contributed by atoms with E-state index in [9.17, 15) is 4.79 Å². The van der Waals surface area contributed by atoms with Crippen molar-refractivity contribution in [2.24, 2.45) is 0 Å². The third-order valence-electron chi connectivity index (χ3n) is 4.03. The van der Waals surface area contributed by atoms with Crippen LogP contribution in [-0.2, 0) is 24.2 Å². The zero-order valence-corrected chi connectivity index (χ0v) is 17.5. The highest BCUT2D eigenvalue weighted by molar-refractivity contribution is 7.71. The van der Waals surface area contributed by atoms with Gasteiger partial charge in [-0.3, -0.25) is 14.5 Å². The minimum atomic E-state index is -0.177. The topological polar surface area (TPSA) is 75.6 Å². The summed E-state index contributed by atoms with van der Waals surface area (Å²) in [7, 11) is 0. The van der Waals surface area contributed by atoms with Gasteiger partial charge in [0, 0.05) is 28.9 Å². The van der Waals surface area contributed by atoms with Gasteiger partial charge in [0.2, 0.25) is 5.91 Å². The molecule has 0 saturated carbocycles. The maximum Gasteiger partial charge on any atom is 0.246 e. The van der Waals surface area contributed by atoms with Gasteiger partial charge >= 0.3 is 0 Å². The monoisotopic (exact) mass is 421 g/mol. The summed E-state index contributed by atoms with van der Waals surface area (Å²) in [5.41, 5.74) is 2.17. The lowest BCUT2D eigenvalue weighted by atomic mass is 10.1. The predicted molar refractivity (Wildman–Crippen MR) is 111 cm³/mol. The van der Waals surface area contributed by atoms with E-state index in [4.69, 9.17) is 23.8 Å². The van der Waals surface area contributed by atoms with Crippen molar-refractivity contribution in [3.63, 3.8) is 0 Å². The van der Waals surface area contributed by atoms with Gasteiger partial charge in [-0.2, -0.15) is 5.10 Å². The number of aromatic nitrogens is 4. The molecular formula is C18H20ClN5OS2. The number of rotatable bonds is 7. The number of aryl methyl sites for hydroxylation is 2. The molecule has 2 heterocycles. The maximum atomic E-state index is 12.4. The first-order valence-electron chi connectivity index (χ1n) is 8.60. The lowest BCUT2D eigenvalue weighted by molar-refractivity contribution is -0.116. The summed E-state index contributed by atoms with van der Waals surface area (Å²) in [4.78, 5) is 17.7. The summed E-state index contributed by atoms with van der Waals surface area (Å²) in [6.45, 7) is 4.15. The summed E-state index contributed by atoms with van der Waals surface area (Å²) in [5, 5.41) is 11.1. The molecule has 0 fully saturated rings. The molecule has 0 spiro atoms. The van der Waals surface area contributed by atoms with E-state index in [2.05, 4.69) is 33.5 Å². The molecule has 6 nitrogen and oxygen atoms in total. The van der Waals surface area contributed by atoms with Crippen LogP contribution in [0.2, 0.25) is 5.02 Å². The molecule has 27 heavy (non-hydrogen) atoms. The quantitative estimate of drug-likeness (QED) is 0.549. The number of hydrogen-bond donors (Lipinski definition) is 2. The molecule has 1 aromatic carbocycles. The Morgan fingerprint density at radius 2 is 2.26 bits per heavy atom. The number of thiazole rings is 1. The lowest BCUT2D eigenvalue weighted by Crippen LogP contribution is -2.20. The van der Waals surface area contributed by atoms with E-state index in [-0.39, 0.29) is 12.5 Å². The van der Waals surface area contributed by atoms with Gasteiger partial charge in [0.25, 0.3) is 0 Å². The Morgan fingerprint density at radius 1 is 1.44 bits per heavy atom. The first kappa shape index (κ1) is 19.7. The molecule has 0 aliphatic heterocycles. The zero-order chi connectivity index (χ0) is 19.4. The van der Waals surface area contributed by atoms with E-state index in [0.29, 0.717) is 9.90 Å². The predicted octanol–water partition coefficient (Wildman–Crippen LogP) is 4.54. The summed E-state index contributed by atoms with van der Waals surface area (Å²) in [5.74, 6) is 0.609. The van der Waals surface area contributed by atoms with Crippen molar-refractivity contribution in [2.45, 2.75) is 39.7 Å². The number of H-pyrrole nitrogens is 1. The average Bonchev–Trinajstić information content (AvgIpc) is 3.20. The number of halogens is 1. The normalized spacial score (nSPS) is 10.9. The van der Waals surface area contributed by atoms with Crippen molar-refractivity contribution >= 4 is 46.2 Å². The molecule has 1 amide bonds. The number of anilines is 1. The second-order valence-electron chi connectivity index (χ2n) is 6.22. The van der Waals surface area contributed by atoms with Crippen molar-refractivity contribution in [3.8, 4) is 0 Å². The highest BCUT2D eigenvalue weighted by Crippen LogP contribution is 2.24. The molecule has 0 saturated heterocycles. The van der Waals surface area contributed by atoms with Crippen LogP contribution in [0, 0.1) is 11.7 Å². The Labute approximate surface area is 171 Å². The second kappa shape index (κ2) is 8.77. The summed E-state index contributed by atoms with van der Waals surface area (Å²) < 4.78 is 2.17. The SMILES string of the molecule is CCCc1n[nH]c(=S)n1CC(=O)Nc1ncc(Cc2ccc(C)c(Cl)c2)s1. The molecule has 3 aromatic rings. The fourth-order valence-corrected chi connectivity index (χ4v) is 3.91. The lowest BCUT2D eigenvalue weighted by Gasteiger charge is -2.05. The minimum Gasteiger partial charge on any atom is -0.300 e. The first-order valence-corrected chi connectivity index (χ1v) is 10.2. The smallest absolute Gasteiger partial charge is 0.246 e. The highest BCUT2D eigenvalue weighted by Gasteiger charge is 2.12. The second-order valence-corrected chi connectivity index (χ2v) is 8.13. The maximum absolute atomic E-state index is 12.4. The fraction of sp³-hybridized carbons (Fsp3) is 0.333. The van der Waals surface area contributed by atoms with E-state index in [1.165, 1.54) is 11.3 Å². The van der Waals surface area contributed by atoms with Crippen LogP contribution < -0.4 is 5.32 Å². The van der Waals surface area contributed by atoms with Crippen LogP contribution in [0.3, 0.4) is 0 Å². The standard InChI is InChI=1S/C18H20ClN5OS2/c1-3-4-15-22-23-18(26)24(15)10-16(25)21-17-20-9-13(27-17)7-12-6-5-11(2)14(19)8-12/h5-6,8-9H,3-4,7,10H2,1-2H3,(H,23,26)(H,20,21,25). The van der Waals surface area contributed by atoms with Gasteiger partial charge in [0.1, 0.15) is 12.4 Å². The highest BCUT2D eigenvalue weighted by atomic mass is 35.5. The van der Waals surface area contributed by atoms with Crippen molar-refractivity contribution in [1.82, 2.24) is 19.7 Å². The molecule has 0 unspecified atom stereocenters. The number of nitrogens with zero attached hydrogens (tertiary/aromatic N) is 3. The third-order valence-corrected chi connectivity index (χ3v) is 5.66. The van der Waals surface area contributed by atoms with Gasteiger partial charge in [0.05, 0.1) is 0 Å². The van der Waals surface area contributed by atoms with Crippen molar-refractivity contribution < 1.29 is 4.79 Å². The van der Waals surface area contributed by atoms with Crippen LogP contribution in [0.15, 0.2) is 24.4 Å². The zero-order valence-electron chi connectivity index (χ0n) is 15.1. The Morgan fingerprint density at radius 3 is 3.00 bits per heavy atom. The molecule has 0 atom stereocenters. The van der Waals surface area contributed by atoms with Crippen molar-refractivity contribution in [2.75, 3.05) is 5.32 Å². The summed E-state index contributed by atoms with van der Waals surface area (Å²) in [6, 6.07) is 6.02. The van der Waals surface area contributed by atoms with Crippen LogP contribution in [0.1, 0.15) is 35.2 Å². The van der Waals surface area contributed by atoms with Gasteiger partial charge in [-0.25, -0.2) is 4.98 Å². The van der Waals surface area contributed by atoms with Gasteiger partial charge in [-0.15, -0.1) is 11.3 Å². The van der Waals surface area contributed by atoms with Crippen LogP contribution >= 0.6 is 35.2 Å². The Bertz CT molecular complexity index is 1010. The molecule has 9 heteroatoms. The summed E-state index contributed by atoms with van der Waals surface area (Å²) in [6.07, 6.45) is 4.20. The van der Waals surface area contributed by atoms with E-state index in [0.717, 1.165) is 46.1 Å². The van der Waals surface area contributed by atoms with Crippen molar-refractivity contribution in [1.29, 1.82) is 0 Å². The molecule has 0 aliphatic carbocycles. The fourth-order valence-electron chi connectivity index (χ4n) is 2.62. The molecule has 142 valence electrons. The van der Waals surface area contributed by atoms with E-state index >= 15 is 0 Å². The number of carbonyl (C=O) groups excluding carboxylic acids is 1. The van der Waals surface area contributed by atoms with Crippen LogP contribution in [-0.4, -0.2) is 25.7 Å². The molecule has 0 bridgehead atoms. The summed E-state index contributed by atoms with van der Waals surface area (Å²) >= 11 is 12.8. The van der Waals surface area contributed by atoms with E-state index < -0.39 is 0 Å². The molecular weight excluding hydrogens is 402 g/mol. The van der Waals surface area contributed by atoms with Gasteiger partial charge in [-0.05, 0) is 42.8 Å². The number of nitrogens with one attached hydrogen (secondary N) is 2. The first-order chi connectivity index (χ1) is 13.0. The van der Waals surface area contributed by atoms with Gasteiger partial charge < -0.3 is 5.32 Å². The molecule has 2 N–H and O–H groups in total. The van der Waals surface area contributed by atoms with Gasteiger partial charge in [0.15, 0.2) is 9.90 Å². The Kier molecular flexibility index (Phi) is 6.41. The average molecular weight is 422 g/mol. The number of carbonyl (C=O) groups is 1. The third kappa shape index (κ3) is 5.03. The van der Waals surface area contributed by atoms with Crippen LogP contribution in [0.25, 0.3) is 0 Å². The Hall–Kier alpha value is -2.03. The minimum absolute atomic E-state index is 0.118. The van der Waals surface area contributed by atoms with E-state index in [1.54, 1.807) is 10.8 Å².